The molecular weight excluding hydrogens is 268 g/mol. The molecule has 0 aromatic heterocycles. The molecule has 0 bridgehead atoms. The first kappa shape index (κ1) is 16.4. The van der Waals surface area contributed by atoms with Crippen LogP contribution >= 0.6 is 0 Å². The molecule has 0 saturated heterocycles. The van der Waals surface area contributed by atoms with E-state index in [1.807, 2.05) is 0 Å². The molecule has 0 aliphatic heterocycles. The summed E-state index contributed by atoms with van der Waals surface area (Å²) in [7, 11) is 0. The summed E-state index contributed by atoms with van der Waals surface area (Å²) >= 11 is 0. The Morgan fingerprint density at radius 3 is 2.43 bits per heavy atom. The van der Waals surface area contributed by atoms with Gasteiger partial charge in [0.25, 0.3) is 0 Å². The van der Waals surface area contributed by atoms with Crippen molar-refractivity contribution in [3.05, 3.63) is 35.4 Å². The van der Waals surface area contributed by atoms with Crippen LogP contribution in [0.2, 0.25) is 0 Å². The van der Waals surface area contributed by atoms with Crippen molar-refractivity contribution in [2.24, 2.45) is 5.41 Å². The SMILES string of the molecule is CC(C)NCCC1(CCc2ccc(F)c(F)c2)CCCC1. The maximum Gasteiger partial charge on any atom is 0.159 e. The van der Waals surface area contributed by atoms with Gasteiger partial charge < -0.3 is 5.32 Å². The molecule has 1 fully saturated rings. The fourth-order valence-corrected chi connectivity index (χ4v) is 3.48. The highest BCUT2D eigenvalue weighted by Gasteiger charge is 2.32. The summed E-state index contributed by atoms with van der Waals surface area (Å²) in [6, 6.07) is 4.83. The highest BCUT2D eigenvalue weighted by Crippen LogP contribution is 2.44. The first-order valence-electron chi connectivity index (χ1n) is 8.18. The molecule has 1 aromatic rings. The lowest BCUT2D eigenvalue weighted by Crippen LogP contribution is -2.29. The Morgan fingerprint density at radius 2 is 1.81 bits per heavy atom. The van der Waals surface area contributed by atoms with Crippen molar-refractivity contribution in [1.82, 2.24) is 5.32 Å². The number of benzene rings is 1. The standard InChI is InChI=1S/C18H27F2N/c1-14(2)21-12-11-18(8-3-4-9-18)10-7-15-5-6-16(19)17(20)13-15/h5-6,13-14,21H,3-4,7-12H2,1-2H3. The maximum absolute atomic E-state index is 13.3. The number of halogens is 2. The Hall–Kier alpha value is -0.960. The minimum absolute atomic E-state index is 0.396. The monoisotopic (exact) mass is 295 g/mol. The summed E-state index contributed by atoms with van der Waals surface area (Å²) in [4.78, 5) is 0. The van der Waals surface area contributed by atoms with E-state index in [2.05, 4.69) is 19.2 Å². The molecule has 118 valence electrons. The zero-order valence-corrected chi connectivity index (χ0v) is 13.2. The van der Waals surface area contributed by atoms with E-state index in [9.17, 15) is 8.78 Å². The molecule has 0 heterocycles. The highest BCUT2D eigenvalue weighted by molar-refractivity contribution is 5.18. The number of rotatable bonds is 7. The van der Waals surface area contributed by atoms with Gasteiger partial charge in [0.05, 0.1) is 0 Å². The van der Waals surface area contributed by atoms with E-state index in [-0.39, 0.29) is 0 Å². The molecule has 2 rings (SSSR count). The van der Waals surface area contributed by atoms with Crippen LogP contribution < -0.4 is 5.32 Å². The first-order chi connectivity index (χ1) is 10.0. The second-order valence-electron chi connectivity index (χ2n) is 6.81. The molecule has 1 saturated carbocycles. The van der Waals surface area contributed by atoms with Gasteiger partial charge in [-0.15, -0.1) is 0 Å². The number of hydrogen-bond donors (Lipinski definition) is 1. The Balaban J connectivity index is 1.91. The van der Waals surface area contributed by atoms with Gasteiger partial charge in [0.15, 0.2) is 11.6 Å². The van der Waals surface area contributed by atoms with Crippen LogP contribution in [0.1, 0.15) is 57.9 Å². The average Bonchev–Trinajstić information content (AvgIpc) is 2.89. The Morgan fingerprint density at radius 1 is 1.10 bits per heavy atom. The summed E-state index contributed by atoms with van der Waals surface area (Å²) in [5.74, 6) is -1.48. The van der Waals surface area contributed by atoms with Crippen molar-refractivity contribution < 1.29 is 8.78 Å². The molecule has 0 radical (unpaired) electrons. The first-order valence-corrected chi connectivity index (χ1v) is 8.18. The van der Waals surface area contributed by atoms with Gasteiger partial charge in [-0.25, -0.2) is 8.78 Å². The van der Waals surface area contributed by atoms with Crippen LogP contribution in [0.5, 0.6) is 0 Å². The topological polar surface area (TPSA) is 12.0 Å². The molecule has 0 amide bonds. The normalized spacial score (nSPS) is 17.6. The summed E-state index contributed by atoms with van der Waals surface area (Å²) in [6.07, 6.45) is 8.28. The van der Waals surface area contributed by atoms with Gasteiger partial charge in [-0.3, -0.25) is 0 Å². The highest BCUT2D eigenvalue weighted by atomic mass is 19.2. The number of nitrogens with one attached hydrogen (secondary N) is 1. The predicted molar refractivity (Wildman–Crippen MR) is 83.3 cm³/mol. The molecule has 1 aliphatic carbocycles. The molecule has 1 aliphatic rings. The van der Waals surface area contributed by atoms with Gasteiger partial charge in [-0.05, 0) is 61.8 Å². The molecule has 0 spiro atoms. The summed E-state index contributed by atoms with van der Waals surface area (Å²) in [5.41, 5.74) is 1.31. The van der Waals surface area contributed by atoms with Gasteiger partial charge in [0.1, 0.15) is 0 Å². The van der Waals surface area contributed by atoms with E-state index in [1.54, 1.807) is 6.07 Å². The fraction of sp³-hybridized carbons (Fsp3) is 0.667. The van der Waals surface area contributed by atoms with Crippen LogP contribution in [0, 0.1) is 17.0 Å². The van der Waals surface area contributed by atoms with Crippen molar-refractivity contribution in [1.29, 1.82) is 0 Å². The van der Waals surface area contributed by atoms with Gasteiger partial charge in [0.2, 0.25) is 0 Å². The van der Waals surface area contributed by atoms with Crippen molar-refractivity contribution in [2.75, 3.05) is 6.54 Å². The third kappa shape index (κ3) is 4.77. The molecule has 0 unspecified atom stereocenters. The van der Waals surface area contributed by atoms with E-state index in [1.165, 1.54) is 44.2 Å². The van der Waals surface area contributed by atoms with E-state index in [4.69, 9.17) is 0 Å². The zero-order chi connectivity index (χ0) is 15.3. The molecule has 1 N–H and O–H groups in total. The van der Waals surface area contributed by atoms with Crippen molar-refractivity contribution in [3.8, 4) is 0 Å². The van der Waals surface area contributed by atoms with Crippen LogP contribution in [0.15, 0.2) is 18.2 Å². The van der Waals surface area contributed by atoms with Gasteiger partial charge in [-0.2, -0.15) is 0 Å². The minimum atomic E-state index is -0.754. The van der Waals surface area contributed by atoms with Crippen LogP contribution in [0.25, 0.3) is 0 Å². The van der Waals surface area contributed by atoms with Crippen molar-refractivity contribution in [3.63, 3.8) is 0 Å². The van der Waals surface area contributed by atoms with Crippen LogP contribution in [-0.2, 0) is 6.42 Å². The van der Waals surface area contributed by atoms with Gasteiger partial charge in [0, 0.05) is 6.04 Å². The van der Waals surface area contributed by atoms with E-state index < -0.39 is 11.6 Å². The largest absolute Gasteiger partial charge is 0.315 e. The molecular formula is C18H27F2N. The van der Waals surface area contributed by atoms with Gasteiger partial charge in [-0.1, -0.05) is 32.8 Å². The quantitative estimate of drug-likeness (QED) is 0.758. The van der Waals surface area contributed by atoms with Crippen LogP contribution in [-0.4, -0.2) is 12.6 Å². The molecule has 1 nitrogen and oxygen atoms in total. The smallest absolute Gasteiger partial charge is 0.159 e. The predicted octanol–water partition coefficient (Wildman–Crippen LogP) is 4.85. The van der Waals surface area contributed by atoms with E-state index >= 15 is 0 Å². The Bertz CT molecular complexity index is 451. The number of hydrogen-bond acceptors (Lipinski definition) is 1. The van der Waals surface area contributed by atoms with Crippen LogP contribution in [0.3, 0.4) is 0 Å². The third-order valence-electron chi connectivity index (χ3n) is 4.80. The molecule has 21 heavy (non-hydrogen) atoms. The lowest BCUT2D eigenvalue weighted by molar-refractivity contribution is 0.242. The van der Waals surface area contributed by atoms with Crippen LogP contribution in [0.4, 0.5) is 8.78 Å². The maximum atomic E-state index is 13.3. The Labute approximate surface area is 127 Å². The van der Waals surface area contributed by atoms with Crippen molar-refractivity contribution >= 4 is 0 Å². The third-order valence-corrected chi connectivity index (χ3v) is 4.80. The fourth-order valence-electron chi connectivity index (χ4n) is 3.48. The second kappa shape index (κ2) is 7.35. The minimum Gasteiger partial charge on any atom is -0.315 e. The van der Waals surface area contributed by atoms with Gasteiger partial charge >= 0.3 is 0 Å². The summed E-state index contributed by atoms with van der Waals surface area (Å²) < 4.78 is 26.3. The number of aryl methyl sites for hydroxylation is 1. The van der Waals surface area contributed by atoms with E-state index in [0.717, 1.165) is 24.9 Å². The lowest BCUT2D eigenvalue weighted by Gasteiger charge is -2.30. The molecule has 3 heteroatoms. The molecule has 0 atom stereocenters. The zero-order valence-electron chi connectivity index (χ0n) is 13.2. The molecule has 1 aromatic carbocycles. The summed E-state index contributed by atoms with van der Waals surface area (Å²) in [6.45, 7) is 5.39. The summed E-state index contributed by atoms with van der Waals surface area (Å²) in [5, 5.41) is 3.50. The lowest BCUT2D eigenvalue weighted by atomic mass is 9.77. The second-order valence-corrected chi connectivity index (χ2v) is 6.81. The van der Waals surface area contributed by atoms with Crippen molar-refractivity contribution in [2.45, 2.75) is 64.8 Å². The van der Waals surface area contributed by atoms with E-state index in [0.29, 0.717) is 11.5 Å². The average molecular weight is 295 g/mol. The Kier molecular flexibility index (Phi) is 5.74.